The van der Waals surface area contributed by atoms with Crippen LogP contribution in [0.1, 0.15) is 219 Å². The highest BCUT2D eigenvalue weighted by molar-refractivity contribution is 7.47. The molecule has 1 unspecified atom stereocenters. The van der Waals surface area contributed by atoms with Crippen LogP contribution in [0.2, 0.25) is 0 Å². The van der Waals surface area contributed by atoms with Crippen LogP contribution in [0.15, 0.2) is 36.5 Å². The lowest BCUT2D eigenvalue weighted by Crippen LogP contribution is -2.34. The van der Waals surface area contributed by atoms with Gasteiger partial charge in [-0.1, -0.05) is 192 Å². The van der Waals surface area contributed by atoms with Crippen molar-refractivity contribution in [3.63, 3.8) is 0 Å². The molecule has 0 aliphatic heterocycles. The summed E-state index contributed by atoms with van der Waals surface area (Å²) < 4.78 is 32.8. The van der Waals surface area contributed by atoms with E-state index in [1.54, 1.807) is 0 Å². The first-order valence-corrected chi connectivity index (χ1v) is 25.5. The first-order valence-electron chi connectivity index (χ1n) is 24.0. The lowest BCUT2D eigenvalue weighted by atomic mass is 10.0. The first kappa shape index (κ1) is 57.7. The quantitative estimate of drug-likeness (QED) is 0.0230. The average Bonchev–Trinajstić information content (AvgIpc) is 3.22. The minimum atomic E-state index is -4.72. The molecule has 0 rings (SSSR count). The number of esters is 2. The van der Waals surface area contributed by atoms with Gasteiger partial charge in [-0.15, -0.1) is 0 Å². The van der Waals surface area contributed by atoms with E-state index in [9.17, 15) is 23.8 Å². The Morgan fingerprint density at radius 2 is 0.883 bits per heavy atom. The fourth-order valence-corrected chi connectivity index (χ4v) is 7.38. The van der Waals surface area contributed by atoms with Gasteiger partial charge in [0.25, 0.3) is 0 Å². The molecule has 60 heavy (non-hydrogen) atoms. The van der Waals surface area contributed by atoms with E-state index < -0.39 is 51.1 Å². The molecule has 12 heteroatoms. The summed E-state index contributed by atoms with van der Waals surface area (Å²) in [5, 5.41) is 8.91. The second kappa shape index (κ2) is 43.4. The summed E-state index contributed by atoms with van der Waals surface area (Å²) in [6, 6.07) is -1.52. The molecule has 0 amide bonds. The zero-order valence-electron chi connectivity index (χ0n) is 38.1. The Morgan fingerprint density at radius 1 is 0.517 bits per heavy atom. The fraction of sp³-hybridized carbons (Fsp3) is 0.812. The molecule has 0 radical (unpaired) electrons. The standard InChI is InChI=1S/C48H88NO10P/c1-3-5-7-9-11-13-15-17-19-21-22-24-26-28-30-32-34-36-38-40-47(51)59-44(42-57-60(54,55)58-43-45(49)48(52)53)41-56-46(50)39-37-35-33-31-29-27-25-23-20-18-16-14-12-10-8-6-4-2/h12,14,18,20,25,27,44-45H,3-11,13,15-17,19,21-24,26,28-43,49H2,1-2H3,(H,52,53)(H,54,55)/b14-12-,20-18-,27-25-/t44-,45+/m1/s1. The van der Waals surface area contributed by atoms with E-state index in [2.05, 4.69) is 54.8 Å². The Bertz CT molecular complexity index is 1160. The number of carboxylic acids is 1. The molecule has 3 atom stereocenters. The van der Waals surface area contributed by atoms with Gasteiger partial charge < -0.3 is 25.2 Å². The highest BCUT2D eigenvalue weighted by Crippen LogP contribution is 2.43. The maximum atomic E-state index is 12.7. The number of phosphoric ester groups is 1. The SMILES string of the molecule is CCCCC/C=C\C/C=C\C/C=C\CCCCCCC(=O)OC[C@H](COP(=O)(O)OC[C@H](N)C(=O)O)OC(=O)CCCCCCCCCCCCCCCCCCCCC. The van der Waals surface area contributed by atoms with E-state index >= 15 is 0 Å². The predicted octanol–water partition coefficient (Wildman–Crippen LogP) is 13.2. The largest absolute Gasteiger partial charge is 0.480 e. The molecule has 0 aromatic rings. The minimum absolute atomic E-state index is 0.160. The van der Waals surface area contributed by atoms with Gasteiger partial charge in [0.2, 0.25) is 0 Å². The molecular formula is C48H88NO10P. The van der Waals surface area contributed by atoms with Crippen molar-refractivity contribution in [2.45, 2.75) is 231 Å². The molecule has 0 aliphatic carbocycles. The average molecular weight is 870 g/mol. The highest BCUT2D eigenvalue weighted by Gasteiger charge is 2.28. The van der Waals surface area contributed by atoms with Crippen LogP contribution in [0.4, 0.5) is 0 Å². The maximum Gasteiger partial charge on any atom is 0.472 e. The van der Waals surface area contributed by atoms with Crippen LogP contribution in [-0.4, -0.2) is 59.9 Å². The maximum absolute atomic E-state index is 12.7. The lowest BCUT2D eigenvalue weighted by molar-refractivity contribution is -0.161. The molecule has 0 aliphatic rings. The Labute approximate surface area is 365 Å². The summed E-state index contributed by atoms with van der Waals surface area (Å²) in [6.45, 7) is 2.78. The molecule has 4 N–H and O–H groups in total. The van der Waals surface area contributed by atoms with Crippen LogP contribution in [0.25, 0.3) is 0 Å². The third-order valence-electron chi connectivity index (χ3n) is 10.4. The topological polar surface area (TPSA) is 172 Å². The first-order chi connectivity index (χ1) is 29.1. The molecule has 0 bridgehead atoms. The molecule has 350 valence electrons. The number of aliphatic carboxylic acids is 1. The van der Waals surface area contributed by atoms with Crippen molar-refractivity contribution in [3.8, 4) is 0 Å². The molecular weight excluding hydrogens is 781 g/mol. The number of phosphoric acid groups is 1. The van der Waals surface area contributed by atoms with Crippen LogP contribution >= 0.6 is 7.82 Å². The van der Waals surface area contributed by atoms with Gasteiger partial charge in [-0.25, -0.2) is 4.57 Å². The van der Waals surface area contributed by atoms with Crippen LogP contribution in [0, 0.1) is 0 Å². The summed E-state index contributed by atoms with van der Waals surface area (Å²) in [5.74, 6) is -2.40. The summed E-state index contributed by atoms with van der Waals surface area (Å²) >= 11 is 0. The molecule has 0 saturated heterocycles. The van der Waals surface area contributed by atoms with E-state index in [1.165, 1.54) is 122 Å². The van der Waals surface area contributed by atoms with Gasteiger partial charge >= 0.3 is 25.7 Å². The fourth-order valence-electron chi connectivity index (χ4n) is 6.60. The molecule has 0 spiro atoms. The van der Waals surface area contributed by atoms with Gasteiger partial charge in [0.1, 0.15) is 12.6 Å². The number of allylic oxidation sites excluding steroid dienone is 6. The summed E-state index contributed by atoms with van der Waals surface area (Å²) in [4.78, 5) is 46.1. The van der Waals surface area contributed by atoms with Crippen molar-refractivity contribution >= 4 is 25.7 Å². The molecule has 0 aromatic carbocycles. The number of hydrogen-bond acceptors (Lipinski definition) is 9. The van der Waals surface area contributed by atoms with Crippen LogP contribution in [0.3, 0.4) is 0 Å². The van der Waals surface area contributed by atoms with Crippen molar-refractivity contribution in [1.29, 1.82) is 0 Å². The number of carboxylic acid groups (broad SMARTS) is 1. The zero-order chi connectivity index (χ0) is 44.2. The third kappa shape index (κ3) is 42.4. The minimum Gasteiger partial charge on any atom is -0.480 e. The van der Waals surface area contributed by atoms with E-state index in [0.717, 1.165) is 57.8 Å². The number of carbonyl (C=O) groups excluding carboxylic acids is 2. The predicted molar refractivity (Wildman–Crippen MR) is 245 cm³/mol. The number of unbranched alkanes of at least 4 members (excludes halogenated alkanes) is 25. The number of hydrogen-bond donors (Lipinski definition) is 3. The van der Waals surface area contributed by atoms with Crippen LogP contribution in [-0.2, 0) is 37.5 Å². The van der Waals surface area contributed by atoms with Gasteiger partial charge in [0.15, 0.2) is 6.10 Å². The van der Waals surface area contributed by atoms with E-state index in [4.69, 9.17) is 24.8 Å². The summed E-state index contributed by atoms with van der Waals surface area (Å²) in [5.41, 5.74) is 5.34. The van der Waals surface area contributed by atoms with Gasteiger partial charge in [-0.2, -0.15) is 0 Å². The Morgan fingerprint density at radius 3 is 1.35 bits per heavy atom. The van der Waals surface area contributed by atoms with E-state index in [-0.39, 0.29) is 19.4 Å². The monoisotopic (exact) mass is 870 g/mol. The second-order valence-corrected chi connectivity index (χ2v) is 17.7. The lowest BCUT2D eigenvalue weighted by Gasteiger charge is -2.20. The van der Waals surface area contributed by atoms with Gasteiger partial charge in [-0.3, -0.25) is 23.4 Å². The Hall–Kier alpha value is -2.30. The van der Waals surface area contributed by atoms with Crippen LogP contribution < -0.4 is 5.73 Å². The third-order valence-corrected chi connectivity index (χ3v) is 11.3. The summed E-state index contributed by atoms with van der Waals surface area (Å²) in [7, 11) is -4.72. The van der Waals surface area contributed by atoms with Gasteiger partial charge in [0, 0.05) is 12.8 Å². The van der Waals surface area contributed by atoms with Crippen molar-refractivity contribution in [1.82, 2.24) is 0 Å². The molecule has 0 fully saturated rings. The van der Waals surface area contributed by atoms with Crippen molar-refractivity contribution in [2.75, 3.05) is 19.8 Å². The van der Waals surface area contributed by atoms with Crippen molar-refractivity contribution in [2.24, 2.45) is 5.73 Å². The van der Waals surface area contributed by atoms with E-state index in [1.807, 2.05) is 0 Å². The van der Waals surface area contributed by atoms with Crippen LogP contribution in [0.5, 0.6) is 0 Å². The zero-order valence-corrected chi connectivity index (χ0v) is 38.9. The normalized spacial score (nSPS) is 13.9. The Balaban J connectivity index is 4.31. The number of nitrogens with two attached hydrogens (primary N) is 1. The molecule has 0 heterocycles. The van der Waals surface area contributed by atoms with Gasteiger partial charge in [-0.05, 0) is 51.4 Å². The van der Waals surface area contributed by atoms with Crippen molar-refractivity contribution < 1.29 is 47.5 Å². The summed E-state index contributed by atoms with van der Waals surface area (Å²) in [6.07, 6.45) is 47.7. The number of rotatable bonds is 45. The number of carbonyl (C=O) groups is 3. The molecule has 11 nitrogen and oxygen atoms in total. The van der Waals surface area contributed by atoms with Gasteiger partial charge in [0.05, 0.1) is 13.2 Å². The molecule has 0 aromatic heterocycles. The second-order valence-electron chi connectivity index (χ2n) is 16.2. The highest BCUT2D eigenvalue weighted by atomic mass is 31.2. The number of ether oxygens (including phenoxy) is 2. The smallest absolute Gasteiger partial charge is 0.472 e. The molecule has 0 saturated carbocycles. The van der Waals surface area contributed by atoms with Crippen molar-refractivity contribution in [3.05, 3.63) is 36.5 Å². The Kier molecular flexibility index (Phi) is 41.7. The van der Waals surface area contributed by atoms with E-state index in [0.29, 0.717) is 12.8 Å².